The Balaban J connectivity index is 2.27. The average molecular weight is 236 g/mol. The lowest BCUT2D eigenvalue weighted by Crippen LogP contribution is -1.93. The Bertz CT molecular complexity index is 473. The number of hydrogen-bond donors (Lipinski definition) is 0. The number of rotatable bonds is 3. The predicted molar refractivity (Wildman–Crippen MR) is 61.4 cm³/mol. The third-order valence-electron chi connectivity index (χ3n) is 1.95. The highest BCUT2D eigenvalue weighted by atomic mass is 35.5. The van der Waals surface area contributed by atoms with Gasteiger partial charge in [-0.05, 0) is 31.2 Å². The molecule has 0 aliphatic heterocycles. The van der Waals surface area contributed by atoms with Gasteiger partial charge in [0, 0.05) is 5.56 Å². The van der Waals surface area contributed by atoms with Crippen molar-refractivity contribution in [2.24, 2.45) is 0 Å². The summed E-state index contributed by atoms with van der Waals surface area (Å²) < 4.78 is 5.34. The van der Waals surface area contributed by atoms with Crippen LogP contribution in [-0.4, -0.2) is 21.8 Å². The van der Waals surface area contributed by atoms with Gasteiger partial charge in [-0.25, -0.2) is 4.98 Å². The molecule has 0 unspecified atom stereocenters. The molecule has 0 amide bonds. The maximum atomic E-state index is 5.74. The number of ether oxygens (including phenoxy) is 1. The van der Waals surface area contributed by atoms with E-state index < -0.39 is 0 Å². The minimum absolute atomic E-state index is 0.332. The Hall–Kier alpha value is -1.68. The standard InChI is InChI=1S/C11H10ClN3O/c1-2-16-9-5-3-8(4-6-9)11-14-10(12)7-13-15-11/h3-7H,2H2,1H3. The van der Waals surface area contributed by atoms with Crippen LogP contribution in [0.1, 0.15) is 6.92 Å². The predicted octanol–water partition coefficient (Wildman–Crippen LogP) is 2.59. The van der Waals surface area contributed by atoms with Crippen molar-refractivity contribution in [3.63, 3.8) is 0 Å². The van der Waals surface area contributed by atoms with Crippen LogP contribution in [-0.2, 0) is 0 Å². The molecule has 0 saturated heterocycles. The van der Waals surface area contributed by atoms with E-state index in [1.165, 1.54) is 6.20 Å². The van der Waals surface area contributed by atoms with E-state index in [-0.39, 0.29) is 0 Å². The molecule has 0 N–H and O–H groups in total. The third kappa shape index (κ3) is 2.46. The van der Waals surface area contributed by atoms with Crippen LogP contribution in [0.3, 0.4) is 0 Å². The highest BCUT2D eigenvalue weighted by molar-refractivity contribution is 6.29. The molecule has 0 aliphatic rings. The van der Waals surface area contributed by atoms with E-state index in [1.54, 1.807) is 0 Å². The second kappa shape index (κ2) is 4.90. The first-order valence-corrected chi connectivity index (χ1v) is 5.26. The lowest BCUT2D eigenvalue weighted by atomic mass is 10.2. The second-order valence-corrected chi connectivity index (χ2v) is 3.45. The second-order valence-electron chi connectivity index (χ2n) is 3.06. The van der Waals surface area contributed by atoms with Crippen LogP contribution in [0.2, 0.25) is 5.15 Å². The molecule has 2 aromatic rings. The summed E-state index contributed by atoms with van der Waals surface area (Å²) in [5, 5.41) is 7.98. The molecule has 82 valence electrons. The monoisotopic (exact) mass is 235 g/mol. The first-order chi connectivity index (χ1) is 7.79. The Kier molecular flexibility index (Phi) is 3.31. The fraction of sp³-hybridized carbons (Fsp3) is 0.182. The molecule has 0 aliphatic carbocycles. The summed E-state index contributed by atoms with van der Waals surface area (Å²) in [7, 11) is 0. The van der Waals surface area contributed by atoms with Crippen molar-refractivity contribution in [3.8, 4) is 17.1 Å². The van der Waals surface area contributed by atoms with Crippen molar-refractivity contribution in [1.82, 2.24) is 15.2 Å². The van der Waals surface area contributed by atoms with Gasteiger partial charge < -0.3 is 4.74 Å². The van der Waals surface area contributed by atoms with Gasteiger partial charge in [0.15, 0.2) is 11.0 Å². The molecule has 5 heteroatoms. The molecule has 1 aromatic carbocycles. The normalized spacial score (nSPS) is 10.1. The van der Waals surface area contributed by atoms with E-state index >= 15 is 0 Å². The third-order valence-corrected chi connectivity index (χ3v) is 2.14. The molecule has 16 heavy (non-hydrogen) atoms. The lowest BCUT2D eigenvalue weighted by Gasteiger charge is -2.03. The summed E-state index contributed by atoms with van der Waals surface area (Å²) in [5.41, 5.74) is 0.860. The van der Waals surface area contributed by atoms with Gasteiger partial charge in [-0.3, -0.25) is 0 Å². The van der Waals surface area contributed by atoms with Crippen molar-refractivity contribution in [3.05, 3.63) is 35.6 Å². The van der Waals surface area contributed by atoms with Gasteiger partial charge in [0.05, 0.1) is 12.8 Å². The minimum Gasteiger partial charge on any atom is -0.494 e. The first kappa shape index (κ1) is 10.8. The highest BCUT2D eigenvalue weighted by Gasteiger charge is 2.02. The summed E-state index contributed by atoms with van der Waals surface area (Å²) in [6, 6.07) is 7.48. The maximum Gasteiger partial charge on any atom is 0.183 e. The molecule has 0 saturated carbocycles. The Morgan fingerprint density at radius 1 is 1.25 bits per heavy atom. The molecular formula is C11H10ClN3O. The Morgan fingerprint density at radius 3 is 2.62 bits per heavy atom. The fourth-order valence-corrected chi connectivity index (χ4v) is 1.40. The maximum absolute atomic E-state index is 5.74. The van der Waals surface area contributed by atoms with Crippen LogP contribution >= 0.6 is 11.6 Å². The molecular weight excluding hydrogens is 226 g/mol. The molecule has 1 heterocycles. The van der Waals surface area contributed by atoms with Crippen molar-refractivity contribution in [2.75, 3.05) is 6.61 Å². The number of halogens is 1. The minimum atomic E-state index is 0.332. The van der Waals surface area contributed by atoms with Crippen LogP contribution in [0.4, 0.5) is 0 Å². The quantitative estimate of drug-likeness (QED) is 0.821. The summed E-state index contributed by atoms with van der Waals surface area (Å²) in [4.78, 5) is 4.07. The number of hydrogen-bond acceptors (Lipinski definition) is 4. The number of aromatic nitrogens is 3. The van der Waals surface area contributed by atoms with E-state index in [0.717, 1.165) is 11.3 Å². The molecule has 0 spiro atoms. The van der Waals surface area contributed by atoms with Gasteiger partial charge in [-0.2, -0.15) is 5.10 Å². The number of benzene rings is 1. The molecule has 0 bridgehead atoms. The zero-order chi connectivity index (χ0) is 11.4. The van der Waals surface area contributed by atoms with Crippen LogP contribution < -0.4 is 4.74 Å². The Morgan fingerprint density at radius 2 is 2.00 bits per heavy atom. The highest BCUT2D eigenvalue weighted by Crippen LogP contribution is 2.19. The van der Waals surface area contributed by atoms with Crippen molar-refractivity contribution in [1.29, 1.82) is 0 Å². The summed E-state index contributed by atoms with van der Waals surface area (Å²) >= 11 is 5.74. The van der Waals surface area contributed by atoms with Crippen LogP contribution in [0, 0.1) is 0 Å². The van der Waals surface area contributed by atoms with Crippen LogP contribution in [0.5, 0.6) is 5.75 Å². The van der Waals surface area contributed by atoms with Crippen LogP contribution in [0.25, 0.3) is 11.4 Å². The van der Waals surface area contributed by atoms with Gasteiger partial charge in [0.2, 0.25) is 0 Å². The fourth-order valence-electron chi connectivity index (χ4n) is 1.27. The van der Waals surface area contributed by atoms with E-state index in [0.29, 0.717) is 17.6 Å². The summed E-state index contributed by atoms with van der Waals surface area (Å²) in [6.45, 7) is 2.59. The average Bonchev–Trinajstić information content (AvgIpc) is 2.30. The molecule has 0 radical (unpaired) electrons. The van der Waals surface area contributed by atoms with Crippen molar-refractivity contribution < 1.29 is 4.74 Å². The number of nitrogens with zero attached hydrogens (tertiary/aromatic N) is 3. The van der Waals surface area contributed by atoms with Gasteiger partial charge in [0.1, 0.15) is 5.75 Å². The van der Waals surface area contributed by atoms with Crippen LogP contribution in [0.15, 0.2) is 30.5 Å². The van der Waals surface area contributed by atoms with Gasteiger partial charge >= 0.3 is 0 Å². The zero-order valence-corrected chi connectivity index (χ0v) is 9.48. The molecule has 2 rings (SSSR count). The van der Waals surface area contributed by atoms with E-state index in [1.807, 2.05) is 31.2 Å². The van der Waals surface area contributed by atoms with Gasteiger partial charge in [0.25, 0.3) is 0 Å². The largest absolute Gasteiger partial charge is 0.494 e. The molecule has 0 fully saturated rings. The topological polar surface area (TPSA) is 47.9 Å². The van der Waals surface area contributed by atoms with E-state index in [9.17, 15) is 0 Å². The lowest BCUT2D eigenvalue weighted by molar-refractivity contribution is 0.340. The summed E-state index contributed by atoms with van der Waals surface area (Å²) in [6.07, 6.45) is 1.40. The molecule has 1 aromatic heterocycles. The van der Waals surface area contributed by atoms with Gasteiger partial charge in [-0.1, -0.05) is 11.6 Å². The smallest absolute Gasteiger partial charge is 0.183 e. The van der Waals surface area contributed by atoms with Gasteiger partial charge in [-0.15, -0.1) is 5.10 Å². The Labute approximate surface area is 98.3 Å². The van der Waals surface area contributed by atoms with E-state index in [4.69, 9.17) is 16.3 Å². The zero-order valence-electron chi connectivity index (χ0n) is 8.72. The summed E-state index contributed by atoms with van der Waals surface area (Å²) in [5.74, 6) is 1.33. The first-order valence-electron chi connectivity index (χ1n) is 4.88. The molecule has 4 nitrogen and oxygen atoms in total. The van der Waals surface area contributed by atoms with Crippen molar-refractivity contribution >= 4 is 11.6 Å². The van der Waals surface area contributed by atoms with Crippen molar-refractivity contribution in [2.45, 2.75) is 6.92 Å². The SMILES string of the molecule is CCOc1ccc(-c2nncc(Cl)n2)cc1. The van der Waals surface area contributed by atoms with E-state index in [2.05, 4.69) is 15.2 Å². The molecule has 0 atom stereocenters.